The van der Waals surface area contributed by atoms with E-state index >= 15 is 0 Å². The maximum Gasteiger partial charge on any atom is 0.328 e. The fourth-order valence-electron chi connectivity index (χ4n) is 3.54. The van der Waals surface area contributed by atoms with E-state index in [1.807, 2.05) is 32.0 Å². The predicted octanol–water partition coefficient (Wildman–Crippen LogP) is 3.32. The predicted molar refractivity (Wildman–Crippen MR) is 101 cm³/mol. The number of aryl methyl sites for hydroxylation is 2. The molecule has 1 aliphatic rings. The summed E-state index contributed by atoms with van der Waals surface area (Å²) in [5.41, 5.74) is 0.860. The van der Waals surface area contributed by atoms with Gasteiger partial charge in [-0.3, -0.25) is 4.79 Å². The zero-order chi connectivity index (χ0) is 19.8. The summed E-state index contributed by atoms with van der Waals surface area (Å²) in [6, 6.07) is 15.7. The van der Waals surface area contributed by atoms with E-state index in [1.165, 1.54) is 12.1 Å². The average molecular weight is 383 g/mol. The van der Waals surface area contributed by atoms with Gasteiger partial charge in [-0.2, -0.15) is 5.26 Å². The number of nitrogens with zero attached hydrogens (tertiary/aromatic N) is 1. The van der Waals surface area contributed by atoms with Crippen LogP contribution in [0.3, 0.4) is 0 Å². The third-order valence-corrected chi connectivity index (χ3v) is 7.29. The number of nitriles is 1. The van der Waals surface area contributed by atoms with Crippen molar-refractivity contribution in [2.45, 2.75) is 36.8 Å². The van der Waals surface area contributed by atoms with E-state index in [0.717, 1.165) is 11.1 Å². The Morgan fingerprint density at radius 3 is 2.07 bits per heavy atom. The Kier molecular flexibility index (Phi) is 4.83. The quantitative estimate of drug-likeness (QED) is 0.740. The van der Waals surface area contributed by atoms with Crippen molar-refractivity contribution in [2.24, 2.45) is 5.41 Å². The van der Waals surface area contributed by atoms with Crippen LogP contribution in [0.5, 0.6) is 0 Å². The SMILES string of the molecule is CCOC(=O)[C@@]1(C#N)[C@@H](c2ccc(C)cc2)[C@@H]1S(=O)(=O)c1ccc(C)cc1. The van der Waals surface area contributed by atoms with E-state index in [0.29, 0.717) is 5.56 Å². The minimum atomic E-state index is -3.90. The van der Waals surface area contributed by atoms with Crippen LogP contribution in [-0.4, -0.2) is 26.2 Å². The Balaban J connectivity index is 2.12. The van der Waals surface area contributed by atoms with Crippen molar-refractivity contribution in [2.75, 3.05) is 6.61 Å². The maximum absolute atomic E-state index is 13.3. The summed E-state index contributed by atoms with van der Waals surface area (Å²) in [5.74, 6) is -1.53. The van der Waals surface area contributed by atoms with Gasteiger partial charge in [0.25, 0.3) is 0 Å². The highest BCUT2D eigenvalue weighted by molar-refractivity contribution is 7.92. The highest BCUT2D eigenvalue weighted by atomic mass is 32.2. The van der Waals surface area contributed by atoms with Crippen molar-refractivity contribution in [3.05, 3.63) is 65.2 Å². The first kappa shape index (κ1) is 19.1. The normalized spacial score (nSPS) is 24.1. The van der Waals surface area contributed by atoms with Crippen LogP contribution in [0, 0.1) is 30.6 Å². The van der Waals surface area contributed by atoms with Crippen LogP contribution in [0.1, 0.15) is 29.5 Å². The molecule has 1 saturated carbocycles. The zero-order valence-corrected chi connectivity index (χ0v) is 16.3. The fraction of sp³-hybridized carbons (Fsp3) is 0.333. The molecule has 1 aliphatic carbocycles. The molecule has 6 heteroatoms. The molecule has 2 aromatic rings. The first-order valence-electron chi connectivity index (χ1n) is 8.74. The number of carbonyl (C=O) groups is 1. The molecule has 3 atom stereocenters. The maximum atomic E-state index is 13.3. The van der Waals surface area contributed by atoms with Crippen molar-refractivity contribution >= 4 is 15.8 Å². The summed E-state index contributed by atoms with van der Waals surface area (Å²) in [7, 11) is -3.90. The van der Waals surface area contributed by atoms with Gasteiger partial charge in [-0.05, 0) is 38.5 Å². The summed E-state index contributed by atoms with van der Waals surface area (Å²) in [6.07, 6.45) is 0. The molecule has 0 amide bonds. The van der Waals surface area contributed by atoms with Crippen LogP contribution in [0.25, 0.3) is 0 Å². The van der Waals surface area contributed by atoms with Crippen molar-refractivity contribution in [3.63, 3.8) is 0 Å². The lowest BCUT2D eigenvalue weighted by Gasteiger charge is -2.09. The van der Waals surface area contributed by atoms with Gasteiger partial charge in [0.2, 0.25) is 0 Å². The third kappa shape index (κ3) is 3.02. The van der Waals surface area contributed by atoms with Gasteiger partial charge >= 0.3 is 5.97 Å². The van der Waals surface area contributed by atoms with Crippen molar-refractivity contribution in [1.82, 2.24) is 0 Å². The fourth-order valence-corrected chi connectivity index (χ4v) is 5.78. The molecule has 0 spiro atoms. The van der Waals surface area contributed by atoms with Crippen LogP contribution < -0.4 is 0 Å². The second-order valence-electron chi connectivity index (χ2n) is 6.87. The van der Waals surface area contributed by atoms with Crippen LogP contribution in [0.15, 0.2) is 53.4 Å². The molecular formula is C21H21NO4S. The van der Waals surface area contributed by atoms with Crippen LogP contribution in [0.2, 0.25) is 0 Å². The third-order valence-electron chi connectivity index (χ3n) is 5.05. The number of sulfone groups is 1. The van der Waals surface area contributed by atoms with E-state index in [9.17, 15) is 18.5 Å². The molecule has 0 N–H and O–H groups in total. The van der Waals surface area contributed by atoms with Gasteiger partial charge in [0, 0.05) is 5.92 Å². The van der Waals surface area contributed by atoms with Gasteiger partial charge in [0.15, 0.2) is 15.3 Å². The Morgan fingerprint density at radius 2 is 1.59 bits per heavy atom. The summed E-state index contributed by atoms with van der Waals surface area (Å²) in [6.45, 7) is 5.50. The molecule has 140 valence electrons. The molecule has 0 heterocycles. The molecule has 0 bridgehead atoms. The molecule has 1 fully saturated rings. The van der Waals surface area contributed by atoms with Crippen LogP contribution in [0.4, 0.5) is 0 Å². The number of rotatable bonds is 5. The second kappa shape index (κ2) is 6.82. The monoisotopic (exact) mass is 383 g/mol. The molecule has 2 aromatic carbocycles. The van der Waals surface area contributed by atoms with E-state index in [2.05, 4.69) is 0 Å². The number of hydrogen-bond donors (Lipinski definition) is 0. The molecule has 0 saturated heterocycles. The first-order chi connectivity index (χ1) is 12.8. The van der Waals surface area contributed by atoms with Gasteiger partial charge in [-0.15, -0.1) is 0 Å². The average Bonchev–Trinajstić information content (AvgIpc) is 3.34. The molecule has 5 nitrogen and oxygen atoms in total. The highest BCUT2D eigenvalue weighted by Gasteiger charge is 2.77. The first-order valence-corrected chi connectivity index (χ1v) is 10.3. The number of esters is 1. The largest absolute Gasteiger partial charge is 0.465 e. The van der Waals surface area contributed by atoms with Gasteiger partial charge in [0.05, 0.1) is 17.6 Å². The highest BCUT2D eigenvalue weighted by Crippen LogP contribution is 2.64. The van der Waals surface area contributed by atoms with Gasteiger partial charge in [0.1, 0.15) is 5.25 Å². The van der Waals surface area contributed by atoms with E-state index in [-0.39, 0.29) is 11.5 Å². The molecule has 0 aliphatic heterocycles. The minimum Gasteiger partial charge on any atom is -0.465 e. The van der Waals surface area contributed by atoms with E-state index < -0.39 is 32.4 Å². The molecule has 0 unspecified atom stereocenters. The van der Waals surface area contributed by atoms with Gasteiger partial charge in [-0.25, -0.2) is 8.42 Å². The summed E-state index contributed by atoms with van der Waals surface area (Å²) < 4.78 is 31.7. The Labute approximate surface area is 159 Å². The van der Waals surface area contributed by atoms with Gasteiger partial charge < -0.3 is 4.74 Å². The molecular weight excluding hydrogens is 362 g/mol. The van der Waals surface area contributed by atoms with Gasteiger partial charge in [-0.1, -0.05) is 47.5 Å². The smallest absolute Gasteiger partial charge is 0.328 e. The standard InChI is InChI=1S/C21H21NO4S/c1-4-26-20(23)21(13-22)18(16-9-5-14(2)6-10-16)19(21)27(24,25)17-11-7-15(3)8-12-17/h5-12,18-19H,4H2,1-3H3/t18-,19-,21-/m0/s1. The second-order valence-corrected chi connectivity index (χ2v) is 8.94. The molecule has 0 radical (unpaired) electrons. The van der Waals surface area contributed by atoms with Crippen molar-refractivity contribution in [3.8, 4) is 6.07 Å². The Bertz CT molecular complexity index is 1000. The number of ether oxygens (including phenoxy) is 1. The lowest BCUT2D eigenvalue weighted by molar-refractivity contribution is -0.147. The lowest BCUT2D eigenvalue weighted by Crippen LogP contribution is -2.25. The molecule has 27 heavy (non-hydrogen) atoms. The van der Waals surface area contributed by atoms with Crippen molar-refractivity contribution in [1.29, 1.82) is 5.26 Å². The number of benzene rings is 2. The summed E-state index contributed by atoms with van der Waals surface area (Å²) in [4.78, 5) is 12.8. The zero-order valence-electron chi connectivity index (χ0n) is 15.5. The minimum absolute atomic E-state index is 0.0835. The molecule has 0 aromatic heterocycles. The number of hydrogen-bond acceptors (Lipinski definition) is 5. The summed E-state index contributed by atoms with van der Waals surface area (Å²) >= 11 is 0. The van der Waals surface area contributed by atoms with E-state index in [1.54, 1.807) is 31.2 Å². The number of carbonyl (C=O) groups excluding carboxylic acids is 1. The van der Waals surface area contributed by atoms with Crippen molar-refractivity contribution < 1.29 is 17.9 Å². The van der Waals surface area contributed by atoms with E-state index in [4.69, 9.17) is 4.74 Å². The Morgan fingerprint density at radius 1 is 1.07 bits per heavy atom. The van der Waals surface area contributed by atoms with Crippen LogP contribution >= 0.6 is 0 Å². The lowest BCUT2D eigenvalue weighted by atomic mass is 10.00. The topological polar surface area (TPSA) is 84.2 Å². The van der Waals surface area contributed by atoms with Crippen LogP contribution in [-0.2, 0) is 19.4 Å². The molecule has 3 rings (SSSR count). The Hall–Kier alpha value is -2.65. The summed E-state index contributed by atoms with van der Waals surface area (Å²) in [5, 5.41) is 8.68.